The predicted molar refractivity (Wildman–Crippen MR) is 106 cm³/mol. The van der Waals surface area contributed by atoms with Crippen LogP contribution in [0, 0.1) is 11.8 Å². The molecule has 0 aromatic rings. The molecule has 6 nitrogen and oxygen atoms in total. The van der Waals surface area contributed by atoms with Gasteiger partial charge in [0.15, 0.2) is 15.8 Å². The molecule has 1 atom stereocenters. The molecule has 0 amide bonds. The van der Waals surface area contributed by atoms with Crippen LogP contribution in [0.2, 0.25) is 0 Å². The zero-order chi connectivity index (χ0) is 16.4. The molecular formula is C15H32IN3O3S. The van der Waals surface area contributed by atoms with Crippen molar-refractivity contribution in [3.05, 3.63) is 0 Å². The zero-order valence-corrected chi connectivity index (χ0v) is 17.7. The maximum atomic E-state index is 11.4. The Labute approximate surface area is 158 Å². The molecule has 0 aromatic heterocycles. The summed E-state index contributed by atoms with van der Waals surface area (Å²) < 4.78 is 28.4. The molecule has 0 aromatic carbocycles. The van der Waals surface area contributed by atoms with Gasteiger partial charge in [0.05, 0.1) is 11.5 Å². The Morgan fingerprint density at radius 1 is 1.35 bits per heavy atom. The first-order chi connectivity index (χ1) is 10.4. The van der Waals surface area contributed by atoms with Crippen LogP contribution in [-0.4, -0.2) is 58.7 Å². The van der Waals surface area contributed by atoms with E-state index in [4.69, 9.17) is 4.74 Å². The van der Waals surface area contributed by atoms with E-state index >= 15 is 0 Å². The van der Waals surface area contributed by atoms with E-state index in [9.17, 15) is 8.42 Å². The van der Waals surface area contributed by atoms with Gasteiger partial charge >= 0.3 is 0 Å². The van der Waals surface area contributed by atoms with Crippen molar-refractivity contribution in [1.29, 1.82) is 0 Å². The Hall–Kier alpha value is -0.0900. The fourth-order valence-electron chi connectivity index (χ4n) is 2.28. The largest absolute Gasteiger partial charge is 0.381 e. The first kappa shape index (κ1) is 22.9. The van der Waals surface area contributed by atoms with E-state index in [1.165, 1.54) is 0 Å². The third kappa shape index (κ3) is 11.1. The number of guanidine groups is 1. The average Bonchev–Trinajstić information content (AvgIpc) is 2.79. The molecule has 1 rings (SSSR count). The summed E-state index contributed by atoms with van der Waals surface area (Å²) in [7, 11) is -2.82. The van der Waals surface area contributed by atoms with Crippen LogP contribution in [0.25, 0.3) is 0 Å². The molecular weight excluding hydrogens is 429 g/mol. The number of nitrogens with zero attached hydrogens (tertiary/aromatic N) is 1. The molecule has 1 heterocycles. The number of ether oxygens (including phenoxy) is 1. The normalized spacial score (nSPS) is 20.3. The van der Waals surface area contributed by atoms with E-state index in [2.05, 4.69) is 29.5 Å². The summed E-state index contributed by atoms with van der Waals surface area (Å²) in [5.74, 6) is 2.07. The topological polar surface area (TPSA) is 79.8 Å². The van der Waals surface area contributed by atoms with E-state index in [1.807, 2.05) is 6.92 Å². The second kappa shape index (κ2) is 12.3. The van der Waals surface area contributed by atoms with Crippen molar-refractivity contribution >= 4 is 39.8 Å². The fourth-order valence-corrected chi connectivity index (χ4v) is 4.13. The van der Waals surface area contributed by atoms with Crippen LogP contribution in [0.5, 0.6) is 0 Å². The van der Waals surface area contributed by atoms with Gasteiger partial charge in [-0.05, 0) is 31.6 Å². The van der Waals surface area contributed by atoms with Crippen LogP contribution in [0.15, 0.2) is 4.99 Å². The van der Waals surface area contributed by atoms with Gasteiger partial charge in [0.2, 0.25) is 0 Å². The highest BCUT2D eigenvalue weighted by molar-refractivity contribution is 14.0. The van der Waals surface area contributed by atoms with Crippen LogP contribution in [0.1, 0.15) is 33.6 Å². The van der Waals surface area contributed by atoms with Gasteiger partial charge in [-0.1, -0.05) is 13.8 Å². The van der Waals surface area contributed by atoms with E-state index < -0.39 is 9.84 Å². The smallest absolute Gasteiger partial charge is 0.191 e. The quantitative estimate of drug-likeness (QED) is 0.236. The maximum Gasteiger partial charge on any atom is 0.191 e. The Kier molecular flexibility index (Phi) is 12.2. The van der Waals surface area contributed by atoms with Crippen molar-refractivity contribution in [3.63, 3.8) is 0 Å². The van der Waals surface area contributed by atoms with Crippen LogP contribution in [0.3, 0.4) is 0 Å². The maximum absolute atomic E-state index is 11.4. The lowest BCUT2D eigenvalue weighted by atomic mass is 10.1. The van der Waals surface area contributed by atoms with Crippen molar-refractivity contribution in [1.82, 2.24) is 10.6 Å². The number of halogens is 1. The summed E-state index contributed by atoms with van der Waals surface area (Å²) in [5.41, 5.74) is 0. The highest BCUT2D eigenvalue weighted by atomic mass is 127. The summed E-state index contributed by atoms with van der Waals surface area (Å²) in [6.45, 7) is 9.98. The van der Waals surface area contributed by atoms with Crippen LogP contribution in [0.4, 0.5) is 0 Å². The van der Waals surface area contributed by atoms with E-state index in [0.717, 1.165) is 45.1 Å². The molecule has 1 aliphatic heterocycles. The van der Waals surface area contributed by atoms with Gasteiger partial charge in [-0.3, -0.25) is 4.99 Å². The van der Waals surface area contributed by atoms with Gasteiger partial charge in [0.25, 0.3) is 0 Å². The molecule has 1 saturated heterocycles. The molecule has 1 aliphatic rings. The van der Waals surface area contributed by atoms with E-state index in [0.29, 0.717) is 18.2 Å². The monoisotopic (exact) mass is 461 g/mol. The molecule has 1 fully saturated rings. The molecule has 0 spiro atoms. The Bertz CT molecular complexity index is 441. The van der Waals surface area contributed by atoms with Crippen LogP contribution in [-0.2, 0) is 14.6 Å². The van der Waals surface area contributed by atoms with E-state index in [-0.39, 0.29) is 35.6 Å². The molecule has 138 valence electrons. The standard InChI is InChI=1S/C15H31N3O3S.HI/c1-4-16-15(17-7-5-8-21-11-13(2)3)18-10-14-6-9-22(19,20)12-14;/h13-14H,4-12H2,1-3H3,(H2,16,17,18);1H. The summed E-state index contributed by atoms with van der Waals surface area (Å²) in [4.78, 5) is 4.50. The minimum Gasteiger partial charge on any atom is -0.381 e. The second-order valence-electron chi connectivity index (χ2n) is 6.24. The lowest BCUT2D eigenvalue weighted by Gasteiger charge is -2.13. The number of rotatable bonds is 9. The third-order valence-corrected chi connectivity index (χ3v) is 5.22. The lowest BCUT2D eigenvalue weighted by Crippen LogP contribution is -2.38. The van der Waals surface area contributed by atoms with Gasteiger partial charge in [0, 0.05) is 32.8 Å². The summed E-state index contributed by atoms with van der Waals surface area (Å²) >= 11 is 0. The summed E-state index contributed by atoms with van der Waals surface area (Å²) in [6.07, 6.45) is 1.66. The lowest BCUT2D eigenvalue weighted by molar-refractivity contribution is 0.108. The molecule has 0 saturated carbocycles. The molecule has 1 unspecified atom stereocenters. The molecule has 0 radical (unpaired) electrons. The first-order valence-electron chi connectivity index (χ1n) is 8.23. The number of aliphatic imine (C=N–C) groups is 1. The number of hydrogen-bond acceptors (Lipinski definition) is 4. The molecule has 23 heavy (non-hydrogen) atoms. The predicted octanol–water partition coefficient (Wildman–Crippen LogP) is 1.66. The first-order valence-corrected chi connectivity index (χ1v) is 10.1. The highest BCUT2D eigenvalue weighted by Crippen LogP contribution is 2.18. The third-order valence-electron chi connectivity index (χ3n) is 3.39. The second-order valence-corrected chi connectivity index (χ2v) is 8.47. The van der Waals surface area contributed by atoms with Gasteiger partial charge in [-0.25, -0.2) is 8.42 Å². The minimum atomic E-state index is -2.82. The zero-order valence-electron chi connectivity index (χ0n) is 14.5. The van der Waals surface area contributed by atoms with E-state index in [1.54, 1.807) is 0 Å². The number of hydrogen-bond donors (Lipinski definition) is 2. The van der Waals surface area contributed by atoms with Crippen molar-refractivity contribution < 1.29 is 13.2 Å². The molecule has 8 heteroatoms. The fraction of sp³-hybridized carbons (Fsp3) is 0.933. The van der Waals surface area contributed by atoms with Crippen molar-refractivity contribution in [2.45, 2.75) is 33.6 Å². The van der Waals surface area contributed by atoms with Crippen molar-refractivity contribution in [3.8, 4) is 0 Å². The van der Waals surface area contributed by atoms with Crippen LogP contribution < -0.4 is 10.6 Å². The van der Waals surface area contributed by atoms with Crippen LogP contribution >= 0.6 is 24.0 Å². The SMILES string of the molecule is CCNC(=NCC1CCS(=O)(=O)C1)NCCCOCC(C)C.I. The van der Waals surface area contributed by atoms with Gasteiger partial charge in [-0.2, -0.15) is 0 Å². The van der Waals surface area contributed by atoms with Gasteiger partial charge in [-0.15, -0.1) is 24.0 Å². The highest BCUT2D eigenvalue weighted by Gasteiger charge is 2.27. The number of sulfone groups is 1. The van der Waals surface area contributed by atoms with Gasteiger partial charge < -0.3 is 15.4 Å². The molecule has 0 aliphatic carbocycles. The Morgan fingerprint density at radius 2 is 2.09 bits per heavy atom. The minimum absolute atomic E-state index is 0. The van der Waals surface area contributed by atoms with Gasteiger partial charge in [0.1, 0.15) is 0 Å². The average molecular weight is 461 g/mol. The molecule has 2 N–H and O–H groups in total. The van der Waals surface area contributed by atoms with Crippen molar-refractivity contribution in [2.24, 2.45) is 16.8 Å². The molecule has 0 bridgehead atoms. The Balaban J connectivity index is 0.00000484. The summed E-state index contributed by atoms with van der Waals surface area (Å²) in [6, 6.07) is 0. The Morgan fingerprint density at radius 3 is 2.65 bits per heavy atom. The summed E-state index contributed by atoms with van der Waals surface area (Å²) in [5, 5.41) is 6.45. The van der Waals surface area contributed by atoms with Crippen molar-refractivity contribution in [2.75, 3.05) is 44.4 Å². The number of nitrogens with one attached hydrogen (secondary N) is 2.